The van der Waals surface area contributed by atoms with Gasteiger partial charge in [0.15, 0.2) is 5.13 Å². The number of hydrogen-bond donors (Lipinski definition) is 1. The number of anilines is 1. The Kier molecular flexibility index (Phi) is 3.83. The zero-order chi connectivity index (χ0) is 16.5. The number of imidazole rings is 1. The van der Waals surface area contributed by atoms with Gasteiger partial charge in [-0.25, -0.2) is 14.4 Å². The Morgan fingerprint density at radius 1 is 1.21 bits per heavy atom. The third-order valence-corrected chi connectivity index (χ3v) is 4.98. The summed E-state index contributed by atoms with van der Waals surface area (Å²) < 4.78 is 14.7. The Labute approximate surface area is 144 Å². The van der Waals surface area contributed by atoms with E-state index in [1.165, 1.54) is 23.6 Å². The topological polar surface area (TPSA) is 59.3 Å². The van der Waals surface area contributed by atoms with Crippen LogP contribution in [0, 0.1) is 5.82 Å². The number of hydrogen-bond acceptors (Lipinski definition) is 5. The number of carbonyl (C=O) groups is 1. The SMILES string of the molecule is O=C(Cc1cn2cc(F)ccc2n1)Nc1nc(-c2cccs2)cs1. The number of halogens is 1. The van der Waals surface area contributed by atoms with Crippen LogP contribution in [0.3, 0.4) is 0 Å². The van der Waals surface area contributed by atoms with Crippen molar-refractivity contribution in [3.63, 3.8) is 0 Å². The highest BCUT2D eigenvalue weighted by Crippen LogP contribution is 2.28. The van der Waals surface area contributed by atoms with Gasteiger partial charge in [0.1, 0.15) is 11.5 Å². The van der Waals surface area contributed by atoms with Gasteiger partial charge in [0, 0.05) is 17.8 Å². The fraction of sp³-hybridized carbons (Fsp3) is 0.0625. The van der Waals surface area contributed by atoms with Crippen molar-refractivity contribution in [2.24, 2.45) is 0 Å². The van der Waals surface area contributed by atoms with Crippen molar-refractivity contribution < 1.29 is 9.18 Å². The zero-order valence-electron chi connectivity index (χ0n) is 12.3. The minimum atomic E-state index is -0.347. The molecule has 120 valence electrons. The molecule has 4 aromatic heterocycles. The van der Waals surface area contributed by atoms with Crippen molar-refractivity contribution in [2.45, 2.75) is 6.42 Å². The first kappa shape index (κ1) is 15.0. The second-order valence-electron chi connectivity index (χ2n) is 5.09. The van der Waals surface area contributed by atoms with E-state index in [4.69, 9.17) is 0 Å². The third kappa shape index (κ3) is 3.06. The van der Waals surface area contributed by atoms with Gasteiger partial charge in [0.2, 0.25) is 5.91 Å². The summed E-state index contributed by atoms with van der Waals surface area (Å²) in [5, 5.41) is 7.23. The molecule has 0 aliphatic carbocycles. The second kappa shape index (κ2) is 6.14. The molecule has 0 aliphatic heterocycles. The van der Waals surface area contributed by atoms with Crippen LogP contribution in [-0.2, 0) is 11.2 Å². The molecule has 0 fully saturated rings. The van der Waals surface area contributed by atoms with Crippen molar-refractivity contribution in [2.75, 3.05) is 5.32 Å². The fourth-order valence-electron chi connectivity index (χ4n) is 2.30. The minimum Gasteiger partial charge on any atom is -0.304 e. The van der Waals surface area contributed by atoms with Crippen LogP contribution in [0.4, 0.5) is 9.52 Å². The van der Waals surface area contributed by atoms with Crippen molar-refractivity contribution >= 4 is 39.4 Å². The van der Waals surface area contributed by atoms with Crippen LogP contribution >= 0.6 is 22.7 Å². The number of amides is 1. The van der Waals surface area contributed by atoms with Crippen molar-refractivity contribution in [3.8, 4) is 10.6 Å². The Balaban J connectivity index is 1.46. The van der Waals surface area contributed by atoms with Gasteiger partial charge >= 0.3 is 0 Å². The summed E-state index contributed by atoms with van der Waals surface area (Å²) in [5.41, 5.74) is 2.04. The van der Waals surface area contributed by atoms with Gasteiger partial charge in [-0.1, -0.05) is 6.07 Å². The molecule has 8 heteroatoms. The molecule has 0 radical (unpaired) electrons. The van der Waals surface area contributed by atoms with Gasteiger partial charge < -0.3 is 9.72 Å². The van der Waals surface area contributed by atoms with Gasteiger partial charge in [-0.3, -0.25) is 4.79 Å². The van der Waals surface area contributed by atoms with Crippen molar-refractivity contribution in [1.82, 2.24) is 14.4 Å². The first-order chi connectivity index (χ1) is 11.7. The lowest BCUT2D eigenvalue weighted by molar-refractivity contribution is -0.115. The Morgan fingerprint density at radius 2 is 2.12 bits per heavy atom. The largest absolute Gasteiger partial charge is 0.304 e. The molecule has 1 N–H and O–H groups in total. The predicted octanol–water partition coefficient (Wildman–Crippen LogP) is 3.84. The molecule has 0 saturated carbocycles. The van der Waals surface area contributed by atoms with E-state index in [9.17, 15) is 9.18 Å². The van der Waals surface area contributed by atoms with Gasteiger partial charge in [0.05, 0.1) is 22.7 Å². The molecule has 4 rings (SSSR count). The smallest absolute Gasteiger partial charge is 0.232 e. The van der Waals surface area contributed by atoms with E-state index in [-0.39, 0.29) is 18.1 Å². The highest BCUT2D eigenvalue weighted by Gasteiger charge is 2.11. The van der Waals surface area contributed by atoms with Gasteiger partial charge in [-0.2, -0.15) is 0 Å². The molecular weight excluding hydrogens is 347 g/mol. The van der Waals surface area contributed by atoms with Crippen molar-refractivity contribution in [1.29, 1.82) is 0 Å². The number of nitrogens with zero attached hydrogens (tertiary/aromatic N) is 3. The van der Waals surface area contributed by atoms with E-state index in [0.717, 1.165) is 10.6 Å². The molecule has 0 atom stereocenters. The lowest BCUT2D eigenvalue weighted by Crippen LogP contribution is -2.14. The average molecular weight is 358 g/mol. The zero-order valence-corrected chi connectivity index (χ0v) is 13.9. The molecule has 0 aliphatic rings. The van der Waals surface area contributed by atoms with Crippen molar-refractivity contribution in [3.05, 3.63) is 58.9 Å². The molecule has 24 heavy (non-hydrogen) atoms. The minimum absolute atomic E-state index is 0.108. The Bertz CT molecular complexity index is 1010. The number of aromatic nitrogens is 3. The predicted molar refractivity (Wildman–Crippen MR) is 92.9 cm³/mol. The molecular formula is C16H11FN4OS2. The summed E-state index contributed by atoms with van der Waals surface area (Å²) in [6.07, 6.45) is 3.09. The van der Waals surface area contributed by atoms with E-state index in [1.54, 1.807) is 28.0 Å². The van der Waals surface area contributed by atoms with E-state index in [1.807, 2.05) is 22.9 Å². The second-order valence-corrected chi connectivity index (χ2v) is 6.89. The monoisotopic (exact) mass is 358 g/mol. The first-order valence-electron chi connectivity index (χ1n) is 7.10. The van der Waals surface area contributed by atoms with E-state index in [2.05, 4.69) is 15.3 Å². The number of thiophene rings is 1. The standard InChI is InChI=1S/C16H11FN4OS2/c17-10-3-4-14-18-11(8-21(14)7-10)6-15(22)20-16-19-12(9-24-16)13-2-1-5-23-13/h1-5,7-9H,6H2,(H,19,20,22). The van der Waals surface area contributed by atoms with Gasteiger partial charge in [-0.15, -0.1) is 22.7 Å². The Hall–Kier alpha value is -2.58. The molecule has 0 bridgehead atoms. The fourth-order valence-corrected chi connectivity index (χ4v) is 3.79. The highest BCUT2D eigenvalue weighted by atomic mass is 32.1. The molecule has 0 aromatic carbocycles. The van der Waals surface area contributed by atoms with E-state index < -0.39 is 0 Å². The lowest BCUT2D eigenvalue weighted by Gasteiger charge is -1.98. The number of carbonyl (C=O) groups excluding carboxylic acids is 1. The quantitative estimate of drug-likeness (QED) is 0.603. The average Bonchev–Trinajstić information content (AvgIpc) is 3.25. The van der Waals surface area contributed by atoms with E-state index in [0.29, 0.717) is 16.5 Å². The lowest BCUT2D eigenvalue weighted by atomic mass is 10.3. The normalized spacial score (nSPS) is 11.0. The van der Waals surface area contributed by atoms with Crippen LogP contribution in [0.15, 0.2) is 47.4 Å². The van der Waals surface area contributed by atoms with Gasteiger partial charge in [-0.05, 0) is 23.6 Å². The maximum absolute atomic E-state index is 13.2. The summed E-state index contributed by atoms with van der Waals surface area (Å²) in [6.45, 7) is 0. The molecule has 0 unspecified atom stereocenters. The molecule has 0 saturated heterocycles. The molecule has 4 aromatic rings. The summed E-state index contributed by atoms with van der Waals surface area (Å²) in [7, 11) is 0. The maximum atomic E-state index is 13.2. The number of fused-ring (bicyclic) bond motifs is 1. The number of rotatable bonds is 4. The molecule has 1 amide bonds. The Morgan fingerprint density at radius 3 is 2.96 bits per heavy atom. The van der Waals surface area contributed by atoms with Crippen LogP contribution < -0.4 is 5.32 Å². The number of nitrogens with one attached hydrogen (secondary N) is 1. The molecule has 4 heterocycles. The first-order valence-corrected chi connectivity index (χ1v) is 8.86. The molecule has 0 spiro atoms. The summed E-state index contributed by atoms with van der Waals surface area (Å²) in [4.78, 5) is 21.9. The molecule has 5 nitrogen and oxygen atoms in total. The summed E-state index contributed by atoms with van der Waals surface area (Å²) >= 11 is 2.98. The van der Waals surface area contributed by atoms with Crippen LogP contribution in [0.5, 0.6) is 0 Å². The summed E-state index contributed by atoms with van der Waals surface area (Å²) in [6, 6.07) is 6.86. The van der Waals surface area contributed by atoms with Gasteiger partial charge in [0.25, 0.3) is 0 Å². The maximum Gasteiger partial charge on any atom is 0.232 e. The van der Waals surface area contributed by atoms with Crippen LogP contribution in [0.1, 0.15) is 5.69 Å². The number of pyridine rings is 1. The van der Waals surface area contributed by atoms with Crippen LogP contribution in [-0.4, -0.2) is 20.3 Å². The summed E-state index contributed by atoms with van der Waals surface area (Å²) in [5.74, 6) is -0.550. The van der Waals surface area contributed by atoms with Crippen LogP contribution in [0.25, 0.3) is 16.2 Å². The van der Waals surface area contributed by atoms with Crippen LogP contribution in [0.2, 0.25) is 0 Å². The number of thiazole rings is 1. The third-order valence-electron chi connectivity index (χ3n) is 3.33. The highest BCUT2D eigenvalue weighted by molar-refractivity contribution is 7.16. The van der Waals surface area contributed by atoms with E-state index >= 15 is 0 Å².